The van der Waals surface area contributed by atoms with Crippen LogP contribution in [0.4, 0.5) is 5.69 Å². The lowest BCUT2D eigenvalue weighted by molar-refractivity contribution is 0.607. The summed E-state index contributed by atoms with van der Waals surface area (Å²) in [5.41, 5.74) is 8.99. The summed E-state index contributed by atoms with van der Waals surface area (Å²) in [6.07, 6.45) is 3.03. The molecule has 0 radical (unpaired) electrons. The molecule has 2 aromatic carbocycles. The van der Waals surface area contributed by atoms with Crippen molar-refractivity contribution >= 4 is 57.0 Å². The lowest BCUT2D eigenvalue weighted by Crippen LogP contribution is -2.25. The molecule has 2 aromatic rings. The molecule has 130 valence electrons. The van der Waals surface area contributed by atoms with E-state index in [1.165, 1.54) is 11.8 Å². The van der Waals surface area contributed by atoms with Crippen LogP contribution in [-0.4, -0.2) is 31.2 Å². The molecule has 2 rings (SSSR count). The Labute approximate surface area is 158 Å². The third kappa shape index (κ3) is 5.46. The normalized spacial score (nSPS) is 12.1. The van der Waals surface area contributed by atoms with Crippen molar-refractivity contribution in [2.75, 3.05) is 17.2 Å². The van der Waals surface area contributed by atoms with Crippen molar-refractivity contribution in [2.45, 2.75) is 5.37 Å². The zero-order valence-corrected chi connectivity index (χ0v) is 16.5. The second-order valence-electron chi connectivity index (χ2n) is 5.02. The van der Waals surface area contributed by atoms with Gasteiger partial charge in [0, 0.05) is 10.4 Å². The number of thioether (sulfide) groups is 1. The van der Waals surface area contributed by atoms with Gasteiger partial charge < -0.3 is 5.73 Å². The molecule has 0 spiro atoms. The van der Waals surface area contributed by atoms with E-state index in [1.54, 1.807) is 12.1 Å². The Morgan fingerprint density at radius 3 is 2.38 bits per heavy atom. The maximum atomic E-state index is 11.6. The summed E-state index contributed by atoms with van der Waals surface area (Å²) in [6.45, 7) is 0. The van der Waals surface area contributed by atoms with Crippen LogP contribution < -0.4 is 10.5 Å². The van der Waals surface area contributed by atoms with Gasteiger partial charge in [0.2, 0.25) is 10.0 Å². The molecule has 0 aliphatic carbocycles. The van der Waals surface area contributed by atoms with Crippen molar-refractivity contribution in [1.29, 1.82) is 0 Å². The van der Waals surface area contributed by atoms with Crippen LogP contribution in [-0.2, 0) is 10.0 Å². The first-order valence-corrected chi connectivity index (χ1v) is 10.4. The van der Waals surface area contributed by atoms with Gasteiger partial charge in [-0.05, 0) is 29.5 Å². The molecule has 0 aliphatic rings. The average molecular weight is 403 g/mol. The first kappa shape index (κ1) is 20.9. The monoisotopic (exact) mass is 402 g/mol. The molecule has 24 heavy (non-hydrogen) atoms. The quantitative estimate of drug-likeness (QED) is 0.439. The molecule has 1 unspecified atom stereocenters. The third-order valence-electron chi connectivity index (χ3n) is 3.20. The minimum Gasteiger partial charge on any atom is -0.315 e. The SMILES string of the molecule is CSC(N)C(=S)c1ccc(NS(C)(=O)=O)c(-c2ccccc2)c1.Cl. The van der Waals surface area contributed by atoms with Crippen LogP contribution in [0.5, 0.6) is 0 Å². The molecule has 0 aromatic heterocycles. The van der Waals surface area contributed by atoms with Crippen LogP contribution in [0.1, 0.15) is 5.56 Å². The number of hydrogen-bond acceptors (Lipinski definition) is 5. The maximum Gasteiger partial charge on any atom is 0.229 e. The molecule has 0 aliphatic heterocycles. The number of nitrogens with one attached hydrogen (secondary N) is 1. The van der Waals surface area contributed by atoms with E-state index in [9.17, 15) is 8.42 Å². The van der Waals surface area contributed by atoms with Gasteiger partial charge in [0.1, 0.15) is 0 Å². The van der Waals surface area contributed by atoms with Crippen molar-refractivity contribution in [2.24, 2.45) is 5.73 Å². The fourth-order valence-corrected chi connectivity index (χ4v) is 3.46. The maximum absolute atomic E-state index is 11.6. The highest BCUT2D eigenvalue weighted by molar-refractivity contribution is 8.01. The first-order valence-electron chi connectivity index (χ1n) is 6.81. The predicted molar refractivity (Wildman–Crippen MR) is 111 cm³/mol. The minimum absolute atomic E-state index is 0. The van der Waals surface area contributed by atoms with Gasteiger partial charge in [0.05, 0.1) is 17.3 Å². The average Bonchev–Trinajstić information content (AvgIpc) is 2.53. The lowest BCUT2D eigenvalue weighted by Gasteiger charge is -2.15. The Hall–Kier alpha value is -1.12. The van der Waals surface area contributed by atoms with E-state index >= 15 is 0 Å². The van der Waals surface area contributed by atoms with E-state index < -0.39 is 10.0 Å². The molecule has 0 bridgehead atoms. The summed E-state index contributed by atoms with van der Waals surface area (Å²) in [5.74, 6) is 0. The van der Waals surface area contributed by atoms with Gasteiger partial charge in [-0.25, -0.2) is 8.42 Å². The number of thiocarbonyl (C=S) groups is 1. The van der Waals surface area contributed by atoms with E-state index in [0.717, 1.165) is 22.9 Å². The van der Waals surface area contributed by atoms with Gasteiger partial charge in [-0.1, -0.05) is 48.6 Å². The van der Waals surface area contributed by atoms with Crippen molar-refractivity contribution < 1.29 is 8.42 Å². The van der Waals surface area contributed by atoms with E-state index in [-0.39, 0.29) is 17.8 Å². The standard InChI is InChI=1S/C16H18N2O2S3.ClH/c1-22-16(17)15(21)12-8-9-14(18-23(2,19)20)13(10-12)11-6-4-3-5-7-11;/h3-10,16,18H,17H2,1-2H3;1H. The van der Waals surface area contributed by atoms with Crippen LogP contribution in [0, 0.1) is 0 Å². The first-order chi connectivity index (χ1) is 10.8. The van der Waals surface area contributed by atoms with Gasteiger partial charge >= 0.3 is 0 Å². The zero-order chi connectivity index (χ0) is 17.0. The lowest BCUT2D eigenvalue weighted by atomic mass is 10.00. The van der Waals surface area contributed by atoms with Crippen molar-refractivity contribution in [1.82, 2.24) is 0 Å². The molecule has 3 N–H and O–H groups in total. The summed E-state index contributed by atoms with van der Waals surface area (Å²) >= 11 is 6.89. The number of nitrogens with two attached hydrogens (primary N) is 1. The molecule has 0 saturated heterocycles. The molecule has 4 nitrogen and oxygen atoms in total. The van der Waals surface area contributed by atoms with E-state index in [2.05, 4.69) is 4.72 Å². The predicted octanol–water partition coefficient (Wildman–Crippen LogP) is 3.51. The molecular weight excluding hydrogens is 384 g/mol. The van der Waals surface area contributed by atoms with Crippen molar-refractivity contribution in [3.63, 3.8) is 0 Å². The van der Waals surface area contributed by atoms with Crippen molar-refractivity contribution in [3.8, 4) is 11.1 Å². The Kier molecular flexibility index (Phi) is 7.69. The molecule has 8 heteroatoms. The van der Waals surface area contributed by atoms with E-state index in [4.69, 9.17) is 18.0 Å². The zero-order valence-electron chi connectivity index (χ0n) is 13.2. The van der Waals surface area contributed by atoms with Gasteiger partial charge in [0.15, 0.2) is 0 Å². The second kappa shape index (κ2) is 8.82. The van der Waals surface area contributed by atoms with Crippen LogP contribution in [0.2, 0.25) is 0 Å². The van der Waals surface area contributed by atoms with E-state index in [0.29, 0.717) is 10.6 Å². The van der Waals surface area contributed by atoms with E-state index in [1.807, 2.05) is 42.7 Å². The van der Waals surface area contributed by atoms with Gasteiger partial charge in [-0.2, -0.15) is 0 Å². The minimum atomic E-state index is -3.37. The number of hydrogen-bond donors (Lipinski definition) is 2. The summed E-state index contributed by atoms with van der Waals surface area (Å²) in [7, 11) is -3.37. The third-order valence-corrected chi connectivity index (χ3v) is 5.17. The summed E-state index contributed by atoms with van der Waals surface area (Å²) in [4.78, 5) is 0.639. The smallest absolute Gasteiger partial charge is 0.229 e. The fourth-order valence-electron chi connectivity index (χ4n) is 2.11. The largest absolute Gasteiger partial charge is 0.315 e. The Balaban J connectivity index is 0.00000288. The highest BCUT2D eigenvalue weighted by Crippen LogP contribution is 2.30. The summed E-state index contributed by atoms with van der Waals surface area (Å²) < 4.78 is 25.7. The number of benzene rings is 2. The number of halogens is 1. The number of sulfonamides is 1. The molecule has 0 heterocycles. The molecule has 1 atom stereocenters. The van der Waals surface area contributed by atoms with Crippen molar-refractivity contribution in [3.05, 3.63) is 54.1 Å². The summed E-state index contributed by atoms with van der Waals surface area (Å²) in [5, 5.41) is -0.276. The molecule has 0 amide bonds. The van der Waals surface area contributed by atoms with Gasteiger partial charge in [0.25, 0.3) is 0 Å². The van der Waals surface area contributed by atoms with Crippen LogP contribution >= 0.6 is 36.4 Å². The van der Waals surface area contributed by atoms with Crippen LogP contribution in [0.25, 0.3) is 11.1 Å². The molecule has 0 fully saturated rings. The Bertz CT molecular complexity index is 811. The van der Waals surface area contributed by atoms with Crippen LogP contribution in [0.3, 0.4) is 0 Å². The highest BCUT2D eigenvalue weighted by Gasteiger charge is 2.15. The van der Waals surface area contributed by atoms with Crippen LogP contribution in [0.15, 0.2) is 48.5 Å². The van der Waals surface area contributed by atoms with Gasteiger partial charge in [-0.15, -0.1) is 24.2 Å². The Morgan fingerprint density at radius 1 is 1.21 bits per heavy atom. The topological polar surface area (TPSA) is 72.2 Å². The second-order valence-corrected chi connectivity index (χ2v) is 8.19. The highest BCUT2D eigenvalue weighted by atomic mass is 35.5. The molecular formula is C16H19ClN2O2S3. The fraction of sp³-hybridized carbons (Fsp3) is 0.188. The van der Waals surface area contributed by atoms with Gasteiger partial charge in [-0.3, -0.25) is 4.72 Å². The summed E-state index contributed by atoms with van der Waals surface area (Å²) in [6, 6.07) is 14.9. The molecule has 0 saturated carbocycles. The Morgan fingerprint density at radius 2 is 1.83 bits per heavy atom. The number of anilines is 1. The number of rotatable bonds is 6.